The van der Waals surface area contributed by atoms with Crippen LogP contribution in [0, 0.1) is 0 Å². The second kappa shape index (κ2) is 6.53. The number of rotatable bonds is 5. The van der Waals surface area contributed by atoms with E-state index >= 15 is 0 Å². The summed E-state index contributed by atoms with van der Waals surface area (Å²) in [6.45, 7) is 1.80. The van der Waals surface area contributed by atoms with Crippen molar-refractivity contribution in [3.63, 3.8) is 0 Å². The van der Waals surface area contributed by atoms with Gasteiger partial charge in [-0.25, -0.2) is 0 Å². The molecule has 1 aromatic carbocycles. The summed E-state index contributed by atoms with van der Waals surface area (Å²) in [5, 5.41) is 11.1. The minimum atomic E-state index is -1.18. The number of carboxylic acid groups (broad SMARTS) is 1. The van der Waals surface area contributed by atoms with Gasteiger partial charge in [0.25, 0.3) is 0 Å². The Morgan fingerprint density at radius 3 is 2.47 bits per heavy atom. The monoisotopic (exact) mass is 264 g/mol. The summed E-state index contributed by atoms with van der Waals surface area (Å²) in [4.78, 5) is 34.6. The average molecular weight is 264 g/mol. The van der Waals surface area contributed by atoms with Gasteiger partial charge in [0.15, 0.2) is 0 Å². The van der Waals surface area contributed by atoms with Gasteiger partial charge in [-0.1, -0.05) is 18.2 Å². The SMILES string of the molecule is CC(=O)N(C)Cc1ccccc1NC(=O)CC(=O)O. The molecule has 2 amide bonds. The molecule has 0 aromatic heterocycles. The third-order valence-corrected chi connectivity index (χ3v) is 2.55. The summed E-state index contributed by atoms with van der Waals surface area (Å²) in [7, 11) is 1.65. The molecule has 0 heterocycles. The van der Waals surface area contributed by atoms with Crippen molar-refractivity contribution in [1.29, 1.82) is 0 Å². The van der Waals surface area contributed by atoms with Crippen molar-refractivity contribution >= 4 is 23.5 Å². The maximum absolute atomic E-state index is 11.4. The lowest BCUT2D eigenvalue weighted by atomic mass is 10.1. The molecule has 0 fully saturated rings. The van der Waals surface area contributed by atoms with Crippen molar-refractivity contribution in [3.05, 3.63) is 29.8 Å². The van der Waals surface area contributed by atoms with Crippen molar-refractivity contribution in [2.24, 2.45) is 0 Å². The van der Waals surface area contributed by atoms with Crippen molar-refractivity contribution in [2.75, 3.05) is 12.4 Å². The predicted octanol–water partition coefficient (Wildman–Crippen LogP) is 1.08. The van der Waals surface area contributed by atoms with Crippen molar-refractivity contribution in [1.82, 2.24) is 4.90 Å². The summed E-state index contributed by atoms with van der Waals surface area (Å²) in [6.07, 6.45) is -0.586. The molecule has 1 rings (SSSR count). The lowest BCUT2D eigenvalue weighted by Gasteiger charge is -2.17. The predicted molar refractivity (Wildman–Crippen MR) is 69.5 cm³/mol. The molecule has 6 nitrogen and oxygen atoms in total. The zero-order chi connectivity index (χ0) is 14.4. The van der Waals surface area contributed by atoms with Crippen LogP contribution < -0.4 is 5.32 Å². The molecular formula is C13H16N2O4. The fourth-order valence-electron chi connectivity index (χ4n) is 1.48. The highest BCUT2D eigenvalue weighted by Crippen LogP contribution is 2.17. The molecule has 0 unspecified atom stereocenters. The van der Waals surface area contributed by atoms with E-state index in [1.54, 1.807) is 31.3 Å². The van der Waals surface area contributed by atoms with E-state index < -0.39 is 18.3 Å². The van der Waals surface area contributed by atoms with Gasteiger partial charge < -0.3 is 15.3 Å². The summed E-state index contributed by atoms with van der Waals surface area (Å²) in [5.74, 6) is -1.87. The van der Waals surface area contributed by atoms with E-state index in [2.05, 4.69) is 5.32 Å². The fourth-order valence-corrected chi connectivity index (χ4v) is 1.48. The Morgan fingerprint density at radius 1 is 1.26 bits per heavy atom. The zero-order valence-electron chi connectivity index (χ0n) is 10.8. The first-order chi connectivity index (χ1) is 8.90. The van der Waals surface area contributed by atoms with Crippen LogP contribution in [0.15, 0.2) is 24.3 Å². The molecule has 0 bridgehead atoms. The van der Waals surface area contributed by atoms with E-state index in [1.165, 1.54) is 11.8 Å². The van der Waals surface area contributed by atoms with Gasteiger partial charge >= 0.3 is 5.97 Å². The Bertz CT molecular complexity index is 499. The maximum atomic E-state index is 11.4. The fraction of sp³-hybridized carbons (Fsp3) is 0.308. The molecule has 0 atom stereocenters. The number of carbonyl (C=O) groups is 3. The van der Waals surface area contributed by atoms with Crippen LogP contribution in [0.5, 0.6) is 0 Å². The Balaban J connectivity index is 2.81. The standard InChI is InChI=1S/C13H16N2O4/c1-9(16)15(2)8-10-5-3-4-6-11(10)14-12(17)7-13(18)19/h3-6H,7-8H2,1-2H3,(H,14,17)(H,18,19). The van der Waals surface area contributed by atoms with Gasteiger partial charge in [-0.2, -0.15) is 0 Å². The highest BCUT2D eigenvalue weighted by molar-refractivity contribution is 6.01. The Hall–Kier alpha value is -2.37. The molecule has 1 aromatic rings. The van der Waals surface area contributed by atoms with Gasteiger partial charge in [-0.05, 0) is 11.6 Å². The van der Waals surface area contributed by atoms with E-state index in [4.69, 9.17) is 5.11 Å². The number of benzene rings is 1. The number of hydrogen-bond donors (Lipinski definition) is 2. The van der Waals surface area contributed by atoms with Crippen LogP contribution in [0.4, 0.5) is 5.69 Å². The smallest absolute Gasteiger partial charge is 0.312 e. The molecule has 0 aliphatic rings. The highest BCUT2D eigenvalue weighted by Gasteiger charge is 2.12. The van der Waals surface area contributed by atoms with Gasteiger partial charge in [0.1, 0.15) is 6.42 Å². The van der Waals surface area contributed by atoms with Crippen LogP contribution in [0.25, 0.3) is 0 Å². The van der Waals surface area contributed by atoms with E-state index in [9.17, 15) is 14.4 Å². The summed E-state index contributed by atoms with van der Waals surface area (Å²) in [6, 6.07) is 6.96. The van der Waals surface area contributed by atoms with E-state index in [0.29, 0.717) is 12.2 Å². The van der Waals surface area contributed by atoms with Crippen LogP contribution in [0.3, 0.4) is 0 Å². The molecule has 19 heavy (non-hydrogen) atoms. The first kappa shape index (κ1) is 14.7. The quantitative estimate of drug-likeness (QED) is 0.779. The maximum Gasteiger partial charge on any atom is 0.312 e. The van der Waals surface area contributed by atoms with Gasteiger partial charge in [0, 0.05) is 26.2 Å². The third kappa shape index (κ3) is 4.79. The molecule has 102 valence electrons. The number of para-hydroxylation sites is 1. The zero-order valence-corrected chi connectivity index (χ0v) is 10.8. The molecule has 2 N–H and O–H groups in total. The van der Waals surface area contributed by atoms with Crippen LogP contribution in [-0.2, 0) is 20.9 Å². The number of hydrogen-bond acceptors (Lipinski definition) is 3. The molecule has 0 aliphatic heterocycles. The number of anilines is 1. The van der Waals surface area contributed by atoms with Crippen LogP contribution in [0.2, 0.25) is 0 Å². The normalized spacial score (nSPS) is 9.79. The lowest BCUT2D eigenvalue weighted by molar-refractivity contribution is -0.139. The highest BCUT2D eigenvalue weighted by atomic mass is 16.4. The third-order valence-electron chi connectivity index (χ3n) is 2.55. The first-order valence-corrected chi connectivity index (χ1v) is 5.71. The largest absolute Gasteiger partial charge is 0.481 e. The number of nitrogens with zero attached hydrogens (tertiary/aromatic N) is 1. The number of aliphatic carboxylic acids is 1. The minimum Gasteiger partial charge on any atom is -0.481 e. The van der Waals surface area contributed by atoms with Crippen molar-refractivity contribution in [2.45, 2.75) is 19.9 Å². The molecule has 0 aliphatic carbocycles. The molecule has 6 heteroatoms. The van der Waals surface area contributed by atoms with Crippen molar-refractivity contribution in [3.8, 4) is 0 Å². The van der Waals surface area contributed by atoms with Crippen LogP contribution in [-0.4, -0.2) is 34.8 Å². The lowest BCUT2D eigenvalue weighted by Crippen LogP contribution is -2.24. The number of amides is 2. The average Bonchev–Trinajstić information content (AvgIpc) is 2.30. The minimum absolute atomic E-state index is 0.0911. The van der Waals surface area contributed by atoms with Gasteiger partial charge in [-0.3, -0.25) is 14.4 Å². The number of nitrogens with one attached hydrogen (secondary N) is 1. The topological polar surface area (TPSA) is 86.7 Å². The summed E-state index contributed by atoms with van der Waals surface area (Å²) in [5.41, 5.74) is 1.26. The van der Waals surface area contributed by atoms with E-state index in [0.717, 1.165) is 5.56 Å². The van der Waals surface area contributed by atoms with Gasteiger partial charge in [0.2, 0.25) is 11.8 Å². The summed E-state index contributed by atoms with van der Waals surface area (Å²) >= 11 is 0. The summed E-state index contributed by atoms with van der Waals surface area (Å²) < 4.78 is 0. The van der Waals surface area contributed by atoms with E-state index in [-0.39, 0.29) is 5.91 Å². The number of carboxylic acids is 1. The first-order valence-electron chi connectivity index (χ1n) is 5.71. The van der Waals surface area contributed by atoms with Crippen LogP contribution in [0.1, 0.15) is 18.9 Å². The van der Waals surface area contributed by atoms with E-state index in [1.807, 2.05) is 0 Å². The molecule has 0 spiro atoms. The second-order valence-corrected chi connectivity index (χ2v) is 4.15. The molecule has 0 saturated carbocycles. The van der Waals surface area contributed by atoms with Crippen molar-refractivity contribution < 1.29 is 19.5 Å². The van der Waals surface area contributed by atoms with Gasteiger partial charge in [-0.15, -0.1) is 0 Å². The molecular weight excluding hydrogens is 248 g/mol. The van der Waals surface area contributed by atoms with Gasteiger partial charge in [0.05, 0.1) is 0 Å². The molecule has 0 saturated heterocycles. The Labute approximate surface area is 111 Å². The second-order valence-electron chi connectivity index (χ2n) is 4.15. The van der Waals surface area contributed by atoms with Crippen LogP contribution >= 0.6 is 0 Å². The number of carbonyl (C=O) groups excluding carboxylic acids is 2. The Morgan fingerprint density at radius 2 is 1.89 bits per heavy atom. The molecule has 0 radical (unpaired) electrons. The Kier molecular flexibility index (Phi) is 5.05.